The molecule has 0 N–H and O–H groups in total. The maximum Gasteiger partial charge on any atom is -0.0253 e. The van der Waals surface area contributed by atoms with Gasteiger partial charge >= 0.3 is 86.5 Å². The molecule has 4 heteroatoms. The van der Waals surface area contributed by atoms with Crippen LogP contribution in [0.1, 0.15) is 67.7 Å². The molecule has 0 aliphatic heterocycles. The number of benzene rings is 4. The molecule has 0 amide bonds. The van der Waals surface area contributed by atoms with E-state index in [1.807, 2.05) is 12.1 Å². The predicted octanol–water partition coefficient (Wildman–Crippen LogP) is 3.64. The van der Waals surface area contributed by atoms with E-state index < -0.39 is 0 Å². The van der Waals surface area contributed by atoms with E-state index in [-0.39, 0.29) is 30.3 Å². The molecule has 2 aliphatic carbocycles. The van der Waals surface area contributed by atoms with Crippen molar-refractivity contribution in [3.63, 3.8) is 0 Å². The minimum atomic E-state index is 0. The van der Waals surface area contributed by atoms with Gasteiger partial charge in [-0.2, -0.15) is 59.7 Å². The summed E-state index contributed by atoms with van der Waals surface area (Å²) in [4.78, 5) is 0. The summed E-state index contributed by atoms with van der Waals surface area (Å²) in [6, 6.07) is 37.8. The van der Waals surface area contributed by atoms with Crippen molar-refractivity contribution in [2.24, 2.45) is 0 Å². The Bertz CT molecular complexity index is 1140. The Kier molecular flexibility index (Phi) is 15.6. The molecular formula is C35H38Cl2HfSi-2. The van der Waals surface area contributed by atoms with E-state index in [9.17, 15) is 0 Å². The first kappa shape index (κ1) is 33.8. The SMILES string of the molecule is CCCCCCCC[Si](C)=[Hf+2].[Cl-].[Cl-].[c-]1cccc2c1Cc1ccccc1-2.[c-]1cccc2c1Cc1ccccc1-2. The van der Waals surface area contributed by atoms with Gasteiger partial charge in [0.15, 0.2) is 0 Å². The van der Waals surface area contributed by atoms with Crippen molar-refractivity contribution in [1.82, 2.24) is 0 Å². The van der Waals surface area contributed by atoms with Crippen LogP contribution in [0.3, 0.4) is 0 Å². The molecule has 0 saturated carbocycles. The van der Waals surface area contributed by atoms with Crippen molar-refractivity contribution in [3.05, 3.63) is 119 Å². The summed E-state index contributed by atoms with van der Waals surface area (Å²) in [5, 5.41) is 0. The monoisotopic (exact) mass is 736 g/mol. The van der Waals surface area contributed by atoms with E-state index in [2.05, 4.69) is 98.4 Å². The third-order valence-corrected chi connectivity index (χ3v) is 10.9. The van der Waals surface area contributed by atoms with Gasteiger partial charge in [-0.25, -0.2) is 0 Å². The van der Waals surface area contributed by atoms with Crippen molar-refractivity contribution in [1.29, 1.82) is 0 Å². The number of halogens is 2. The van der Waals surface area contributed by atoms with Crippen LogP contribution in [-0.4, -0.2) is 5.49 Å². The molecule has 4 aromatic rings. The van der Waals surface area contributed by atoms with Crippen LogP contribution in [0.4, 0.5) is 0 Å². The molecule has 6 rings (SSSR count). The Morgan fingerprint density at radius 1 is 0.615 bits per heavy atom. The minimum Gasteiger partial charge on any atom is -1.00 e. The van der Waals surface area contributed by atoms with Gasteiger partial charge in [-0.1, -0.05) is 70.8 Å². The summed E-state index contributed by atoms with van der Waals surface area (Å²) >= 11 is 1.49. The second-order valence-corrected chi connectivity index (χ2v) is 21.4. The molecule has 0 fully saturated rings. The van der Waals surface area contributed by atoms with Crippen LogP contribution in [-0.2, 0) is 35.8 Å². The maximum atomic E-state index is 3.30. The summed E-state index contributed by atoms with van der Waals surface area (Å²) in [5.74, 6) is 0. The van der Waals surface area contributed by atoms with E-state index >= 15 is 0 Å². The Labute approximate surface area is 264 Å². The number of fused-ring (bicyclic) bond motifs is 6. The molecule has 2 aliphatic rings. The molecule has 0 unspecified atom stereocenters. The molecular weight excluding hydrogens is 698 g/mol. The van der Waals surface area contributed by atoms with Gasteiger partial charge in [-0.15, -0.1) is 11.1 Å². The molecule has 0 spiro atoms. The van der Waals surface area contributed by atoms with Crippen molar-refractivity contribution in [2.45, 2.75) is 70.9 Å². The van der Waals surface area contributed by atoms with Crippen LogP contribution in [0.2, 0.25) is 12.6 Å². The first-order valence-corrected chi connectivity index (χ1v) is 21.5. The van der Waals surface area contributed by atoms with E-state index in [4.69, 9.17) is 0 Å². The van der Waals surface area contributed by atoms with Gasteiger partial charge in [0.25, 0.3) is 0 Å². The van der Waals surface area contributed by atoms with Gasteiger partial charge < -0.3 is 24.8 Å². The second-order valence-electron chi connectivity index (χ2n) is 10.1. The summed E-state index contributed by atoms with van der Waals surface area (Å²) < 4.78 is 0. The standard InChI is InChI=1S/2C13H9.C9H20Si.2ClH.Hf/c2*1-3-7-12-10(5-1)9-11-6-2-4-8-13(11)12;1-3-4-5-6-7-8-9-10-2;;;/h2*1-5,7-8H,9H2;3-9H2,1-2H3;2*1H;/q2*-1;;;;+2/p-2. The largest absolute Gasteiger partial charge is 1.00 e. The number of rotatable bonds is 7. The molecule has 0 heterocycles. The molecule has 0 saturated heterocycles. The fraction of sp³-hybridized carbons (Fsp3) is 0.314. The summed E-state index contributed by atoms with van der Waals surface area (Å²) in [6.07, 6.45) is 10.9. The zero-order valence-corrected chi connectivity index (χ0v) is 29.3. The summed E-state index contributed by atoms with van der Waals surface area (Å²) in [7, 11) is 0. The summed E-state index contributed by atoms with van der Waals surface area (Å²) in [5.41, 5.74) is 11.2. The Morgan fingerprint density at radius 2 is 1.05 bits per heavy atom. The fourth-order valence-electron chi connectivity index (χ4n) is 5.17. The average Bonchev–Trinajstić information content (AvgIpc) is 3.50. The molecule has 0 aromatic heterocycles. The molecule has 202 valence electrons. The van der Waals surface area contributed by atoms with Crippen LogP contribution >= 0.6 is 0 Å². The van der Waals surface area contributed by atoms with Crippen molar-refractivity contribution >= 4 is 5.49 Å². The molecule has 0 nitrogen and oxygen atoms in total. The molecule has 0 atom stereocenters. The Balaban J connectivity index is 0.000000201. The van der Waals surface area contributed by atoms with E-state index in [0.29, 0.717) is 0 Å². The first-order chi connectivity index (χ1) is 18.2. The van der Waals surface area contributed by atoms with Crippen LogP contribution in [0.25, 0.3) is 22.3 Å². The van der Waals surface area contributed by atoms with Crippen LogP contribution in [0, 0.1) is 12.1 Å². The molecule has 4 aromatic carbocycles. The van der Waals surface area contributed by atoms with E-state index in [1.54, 1.807) is 6.04 Å². The maximum absolute atomic E-state index is 3.30. The Morgan fingerprint density at radius 3 is 1.54 bits per heavy atom. The fourth-order valence-corrected chi connectivity index (χ4v) is 7.85. The molecule has 39 heavy (non-hydrogen) atoms. The van der Waals surface area contributed by atoms with Gasteiger partial charge in [-0.3, -0.25) is 0 Å². The second kappa shape index (κ2) is 18.1. The zero-order chi connectivity index (χ0) is 25.9. The van der Waals surface area contributed by atoms with E-state index in [0.717, 1.165) is 12.8 Å². The molecule has 0 radical (unpaired) electrons. The van der Waals surface area contributed by atoms with Gasteiger partial charge in [0, 0.05) is 0 Å². The first-order valence-electron chi connectivity index (χ1n) is 13.9. The normalized spacial score (nSPS) is 11.1. The Hall–Kier alpha value is -1.45. The van der Waals surface area contributed by atoms with Gasteiger partial charge in [0.05, 0.1) is 0 Å². The third-order valence-electron chi connectivity index (χ3n) is 7.14. The molecule has 0 bridgehead atoms. The number of hydrogen-bond acceptors (Lipinski definition) is 0. The van der Waals surface area contributed by atoms with Crippen LogP contribution in [0.5, 0.6) is 0 Å². The predicted molar refractivity (Wildman–Crippen MR) is 157 cm³/mol. The topological polar surface area (TPSA) is 0 Å². The van der Waals surface area contributed by atoms with Crippen molar-refractivity contribution in [3.8, 4) is 22.3 Å². The van der Waals surface area contributed by atoms with Crippen molar-refractivity contribution in [2.75, 3.05) is 0 Å². The van der Waals surface area contributed by atoms with Gasteiger partial charge in [0.1, 0.15) is 0 Å². The smallest absolute Gasteiger partial charge is 0.0253 e. The zero-order valence-electron chi connectivity index (χ0n) is 23.2. The minimum absolute atomic E-state index is 0. The quantitative estimate of drug-likeness (QED) is 0.134. The van der Waals surface area contributed by atoms with Crippen LogP contribution < -0.4 is 24.8 Å². The number of unbranched alkanes of at least 4 members (excludes halogenated alkanes) is 5. The average molecular weight is 736 g/mol. The van der Waals surface area contributed by atoms with Crippen LogP contribution in [0.15, 0.2) is 84.9 Å². The van der Waals surface area contributed by atoms with Gasteiger partial charge in [0.2, 0.25) is 0 Å². The number of hydrogen-bond donors (Lipinski definition) is 0. The van der Waals surface area contributed by atoms with Crippen molar-refractivity contribution < 1.29 is 47.8 Å². The summed E-state index contributed by atoms with van der Waals surface area (Å²) in [6.45, 7) is 4.76. The third kappa shape index (κ3) is 9.85. The van der Waals surface area contributed by atoms with Gasteiger partial charge in [-0.05, 0) is 12.8 Å². The van der Waals surface area contributed by atoms with E-state index in [1.165, 1.54) is 106 Å².